The van der Waals surface area contributed by atoms with E-state index in [1.54, 1.807) is 0 Å². The van der Waals surface area contributed by atoms with Gasteiger partial charge in [-0.2, -0.15) is 13.2 Å². The number of carbonyl (C=O) groups is 1. The number of ether oxygens (including phenoxy) is 1. The second-order valence-corrected chi connectivity index (χ2v) is 7.91. The molecule has 0 radical (unpaired) electrons. The molecule has 0 atom stereocenters. The van der Waals surface area contributed by atoms with Gasteiger partial charge in [0.25, 0.3) is 5.91 Å². The number of alkyl halides is 3. The van der Waals surface area contributed by atoms with Crippen molar-refractivity contribution in [1.82, 2.24) is 0 Å². The van der Waals surface area contributed by atoms with Crippen molar-refractivity contribution < 1.29 is 35.5 Å². The third-order valence-electron chi connectivity index (χ3n) is 3.70. The Kier molecular flexibility index (Phi) is 5.38. The summed E-state index contributed by atoms with van der Waals surface area (Å²) in [6, 6.07) is 12.8. The zero-order valence-corrected chi connectivity index (χ0v) is 15.7. The van der Waals surface area contributed by atoms with Crippen molar-refractivity contribution in [2.45, 2.75) is 11.3 Å². The van der Waals surface area contributed by atoms with Crippen LogP contribution in [0.5, 0.6) is 11.5 Å². The second-order valence-electron chi connectivity index (χ2n) is 5.97. The number of nitrogens with one attached hydrogen (secondary N) is 1. The standard InChI is InChI=1S/C19H14F3NO5S/c1-29(25,26)17-11-10-16(28-17)18(24)23-12-6-8-13(9-7-12)27-15-5-3-2-4-14(15)19(20,21)22/h2-11H,1H3,(H,23,24). The number of benzene rings is 2. The van der Waals surface area contributed by atoms with Gasteiger partial charge in [0.2, 0.25) is 14.9 Å². The number of rotatable bonds is 5. The lowest BCUT2D eigenvalue weighted by atomic mass is 10.2. The maximum atomic E-state index is 13.0. The molecule has 0 saturated carbocycles. The molecule has 10 heteroatoms. The van der Waals surface area contributed by atoms with Crippen molar-refractivity contribution in [2.24, 2.45) is 0 Å². The topological polar surface area (TPSA) is 85.6 Å². The molecule has 0 spiro atoms. The minimum Gasteiger partial charge on any atom is -0.457 e. The van der Waals surface area contributed by atoms with Crippen molar-refractivity contribution in [1.29, 1.82) is 0 Å². The zero-order valence-electron chi connectivity index (χ0n) is 14.9. The maximum absolute atomic E-state index is 13.0. The van der Waals surface area contributed by atoms with E-state index in [-0.39, 0.29) is 22.4 Å². The van der Waals surface area contributed by atoms with Gasteiger partial charge in [-0.15, -0.1) is 0 Å². The van der Waals surface area contributed by atoms with E-state index < -0.39 is 27.5 Å². The summed E-state index contributed by atoms with van der Waals surface area (Å²) in [5, 5.41) is 2.15. The van der Waals surface area contributed by atoms with Gasteiger partial charge < -0.3 is 14.5 Å². The highest BCUT2D eigenvalue weighted by Crippen LogP contribution is 2.38. The number of halogens is 3. The number of sulfone groups is 1. The monoisotopic (exact) mass is 425 g/mol. The summed E-state index contributed by atoms with van der Waals surface area (Å²) in [7, 11) is -3.58. The Labute approximate surface area is 163 Å². The minimum absolute atomic E-state index is 0.136. The van der Waals surface area contributed by atoms with E-state index in [9.17, 15) is 26.4 Å². The molecule has 1 aromatic heterocycles. The molecule has 152 valence electrons. The van der Waals surface area contributed by atoms with Crippen LogP contribution < -0.4 is 10.1 Å². The van der Waals surface area contributed by atoms with Crippen LogP contribution in [0.15, 0.2) is 70.2 Å². The van der Waals surface area contributed by atoms with Gasteiger partial charge in [0, 0.05) is 11.9 Å². The van der Waals surface area contributed by atoms with Crippen LogP contribution in [0.4, 0.5) is 18.9 Å². The van der Waals surface area contributed by atoms with E-state index >= 15 is 0 Å². The van der Waals surface area contributed by atoms with Gasteiger partial charge in [-0.3, -0.25) is 4.79 Å². The number of furan rings is 1. The minimum atomic E-state index is -4.56. The molecule has 29 heavy (non-hydrogen) atoms. The van der Waals surface area contributed by atoms with Crippen LogP contribution in [0.1, 0.15) is 16.1 Å². The van der Waals surface area contributed by atoms with E-state index in [1.165, 1.54) is 54.6 Å². The summed E-state index contributed by atoms with van der Waals surface area (Å²) >= 11 is 0. The molecular formula is C19H14F3NO5S. The Balaban J connectivity index is 1.71. The molecule has 0 unspecified atom stereocenters. The van der Waals surface area contributed by atoms with Gasteiger partial charge in [-0.1, -0.05) is 12.1 Å². The summed E-state index contributed by atoms with van der Waals surface area (Å²) in [5.74, 6) is -1.10. The summed E-state index contributed by atoms with van der Waals surface area (Å²) < 4.78 is 72.1. The van der Waals surface area contributed by atoms with Gasteiger partial charge in [0.05, 0.1) is 5.56 Å². The van der Waals surface area contributed by atoms with Crippen molar-refractivity contribution >= 4 is 21.4 Å². The fourth-order valence-electron chi connectivity index (χ4n) is 2.36. The Morgan fingerprint density at radius 3 is 2.24 bits per heavy atom. The lowest BCUT2D eigenvalue weighted by Gasteiger charge is -2.13. The predicted molar refractivity (Wildman–Crippen MR) is 97.7 cm³/mol. The molecule has 1 amide bonds. The molecule has 0 fully saturated rings. The smallest absolute Gasteiger partial charge is 0.419 e. The van der Waals surface area contributed by atoms with E-state index in [1.807, 2.05) is 0 Å². The molecule has 0 aliphatic heterocycles. The molecule has 0 saturated heterocycles. The van der Waals surface area contributed by atoms with Crippen LogP contribution in [0.3, 0.4) is 0 Å². The SMILES string of the molecule is CS(=O)(=O)c1ccc(C(=O)Nc2ccc(Oc3ccccc3C(F)(F)F)cc2)o1. The molecule has 1 N–H and O–H groups in total. The predicted octanol–water partition coefficient (Wildman–Crippen LogP) is 4.75. The molecule has 3 rings (SSSR count). The third-order valence-corrected chi connectivity index (χ3v) is 4.65. The first-order valence-electron chi connectivity index (χ1n) is 8.09. The number of anilines is 1. The Morgan fingerprint density at radius 2 is 1.66 bits per heavy atom. The average molecular weight is 425 g/mol. The number of para-hydroxylation sites is 1. The van der Waals surface area contributed by atoms with Gasteiger partial charge in [-0.25, -0.2) is 8.42 Å². The summed E-state index contributed by atoms with van der Waals surface area (Å²) in [4.78, 5) is 12.1. The fourth-order valence-corrected chi connectivity index (χ4v) is 2.91. The van der Waals surface area contributed by atoms with Crippen molar-refractivity contribution in [3.8, 4) is 11.5 Å². The summed E-state index contributed by atoms with van der Waals surface area (Å²) in [6.07, 6.45) is -3.61. The lowest BCUT2D eigenvalue weighted by molar-refractivity contribution is -0.138. The molecule has 0 aliphatic rings. The second kappa shape index (κ2) is 7.63. The van der Waals surface area contributed by atoms with Crippen molar-refractivity contribution in [3.63, 3.8) is 0 Å². The van der Waals surface area contributed by atoms with Crippen LogP contribution in [0.2, 0.25) is 0 Å². The number of amides is 1. The Morgan fingerprint density at radius 1 is 1.00 bits per heavy atom. The number of carbonyl (C=O) groups excluding carboxylic acids is 1. The van der Waals surface area contributed by atoms with Crippen LogP contribution >= 0.6 is 0 Å². The van der Waals surface area contributed by atoms with E-state index in [2.05, 4.69) is 5.32 Å². The first-order chi connectivity index (χ1) is 13.5. The maximum Gasteiger partial charge on any atom is 0.419 e. The highest BCUT2D eigenvalue weighted by molar-refractivity contribution is 7.90. The first-order valence-corrected chi connectivity index (χ1v) is 9.98. The molecule has 0 bridgehead atoms. The molecular weight excluding hydrogens is 411 g/mol. The summed E-state index contributed by atoms with van der Waals surface area (Å²) in [5.41, 5.74) is -0.597. The van der Waals surface area contributed by atoms with Crippen LogP contribution in [-0.2, 0) is 16.0 Å². The van der Waals surface area contributed by atoms with Gasteiger partial charge in [0.15, 0.2) is 5.76 Å². The van der Waals surface area contributed by atoms with E-state index in [4.69, 9.17) is 9.15 Å². The van der Waals surface area contributed by atoms with Crippen LogP contribution in [0, 0.1) is 0 Å². The van der Waals surface area contributed by atoms with Crippen molar-refractivity contribution in [3.05, 3.63) is 72.0 Å². The molecule has 1 heterocycles. The van der Waals surface area contributed by atoms with E-state index in [0.29, 0.717) is 5.69 Å². The largest absolute Gasteiger partial charge is 0.457 e. The Bertz CT molecular complexity index is 1140. The highest BCUT2D eigenvalue weighted by atomic mass is 32.2. The Hall–Kier alpha value is -3.27. The molecule has 2 aromatic carbocycles. The van der Waals surface area contributed by atoms with Gasteiger partial charge in [0.1, 0.15) is 11.5 Å². The van der Waals surface area contributed by atoms with Gasteiger partial charge in [-0.05, 0) is 48.5 Å². The highest BCUT2D eigenvalue weighted by Gasteiger charge is 2.34. The average Bonchev–Trinajstić information content (AvgIpc) is 3.14. The molecule has 3 aromatic rings. The normalized spacial score (nSPS) is 11.9. The first kappa shape index (κ1) is 20.5. The fraction of sp³-hybridized carbons (Fsp3) is 0.105. The zero-order chi connectivity index (χ0) is 21.2. The van der Waals surface area contributed by atoms with Crippen LogP contribution in [0.25, 0.3) is 0 Å². The summed E-state index contributed by atoms with van der Waals surface area (Å²) in [6.45, 7) is 0. The third kappa shape index (κ3) is 4.96. The number of hydrogen-bond acceptors (Lipinski definition) is 5. The molecule has 6 nitrogen and oxygen atoms in total. The number of hydrogen-bond donors (Lipinski definition) is 1. The quantitative estimate of drug-likeness (QED) is 0.638. The van der Waals surface area contributed by atoms with Crippen molar-refractivity contribution in [2.75, 3.05) is 11.6 Å². The molecule has 0 aliphatic carbocycles. The van der Waals surface area contributed by atoms with Gasteiger partial charge >= 0.3 is 6.18 Å². The van der Waals surface area contributed by atoms with E-state index in [0.717, 1.165) is 12.3 Å². The lowest BCUT2D eigenvalue weighted by Crippen LogP contribution is -2.10. The van der Waals surface area contributed by atoms with Crippen LogP contribution in [-0.4, -0.2) is 20.6 Å².